The third kappa shape index (κ3) is 2.82. The maximum absolute atomic E-state index is 11.3. The molecule has 1 rings (SSSR count). The summed E-state index contributed by atoms with van der Waals surface area (Å²) in [7, 11) is 3.39. The minimum absolute atomic E-state index is 0.0586. The predicted molar refractivity (Wildman–Crippen MR) is 60.8 cm³/mol. The van der Waals surface area contributed by atoms with Crippen LogP contribution in [0.1, 0.15) is 0 Å². The van der Waals surface area contributed by atoms with Crippen molar-refractivity contribution in [3.8, 4) is 0 Å². The molecule has 1 amide bonds. The molecule has 0 aliphatic carbocycles. The highest BCUT2D eigenvalue weighted by molar-refractivity contribution is 8.13. The van der Waals surface area contributed by atoms with Gasteiger partial charge < -0.3 is 10.6 Å². The van der Waals surface area contributed by atoms with Crippen molar-refractivity contribution < 1.29 is 4.79 Å². The summed E-state index contributed by atoms with van der Waals surface area (Å²) < 4.78 is 0. The molecule has 2 N–H and O–H groups in total. The Bertz CT molecular complexity index is 355. The molecule has 1 aromatic carbocycles. The Hall–Kier alpha value is -0.870. The second-order valence-corrected chi connectivity index (χ2v) is 4.35. The number of nitrogens with two attached hydrogens (primary N) is 1. The molecule has 5 heteroatoms. The Morgan fingerprint density at radius 1 is 1.50 bits per heavy atom. The molecular weight excluding hydrogens is 220 g/mol. The number of nitrogens with zero attached hydrogens (tertiary/aromatic N) is 1. The maximum Gasteiger partial charge on any atom is 0.285 e. The van der Waals surface area contributed by atoms with Crippen LogP contribution in [0.25, 0.3) is 0 Å². The first-order valence-electron chi connectivity index (χ1n) is 3.95. The van der Waals surface area contributed by atoms with Crippen molar-refractivity contribution in [3.05, 3.63) is 23.2 Å². The Morgan fingerprint density at radius 2 is 2.14 bits per heavy atom. The number of nitrogen functional groups attached to an aromatic ring is 1. The van der Waals surface area contributed by atoms with Crippen molar-refractivity contribution in [2.75, 3.05) is 19.8 Å². The van der Waals surface area contributed by atoms with Gasteiger partial charge in [0.05, 0.1) is 5.02 Å². The Labute approximate surface area is 92.2 Å². The van der Waals surface area contributed by atoms with Crippen molar-refractivity contribution in [2.24, 2.45) is 0 Å². The molecular formula is C9H11ClN2OS. The minimum atomic E-state index is -0.0586. The van der Waals surface area contributed by atoms with E-state index in [0.29, 0.717) is 10.7 Å². The van der Waals surface area contributed by atoms with Crippen LogP contribution in [0.15, 0.2) is 23.1 Å². The van der Waals surface area contributed by atoms with E-state index in [4.69, 9.17) is 17.3 Å². The van der Waals surface area contributed by atoms with Gasteiger partial charge in [0.1, 0.15) is 0 Å². The molecule has 1 aromatic rings. The van der Waals surface area contributed by atoms with Crippen LogP contribution in [0.5, 0.6) is 0 Å². The van der Waals surface area contributed by atoms with Gasteiger partial charge in [-0.3, -0.25) is 4.79 Å². The van der Waals surface area contributed by atoms with E-state index >= 15 is 0 Å². The SMILES string of the molecule is CN(C)C(=O)Sc1ccc(N)cc1Cl. The molecule has 0 bridgehead atoms. The smallest absolute Gasteiger partial charge is 0.285 e. The zero-order valence-corrected chi connectivity index (χ0v) is 9.52. The van der Waals surface area contributed by atoms with Crippen LogP contribution < -0.4 is 5.73 Å². The summed E-state index contributed by atoms with van der Waals surface area (Å²) in [5.41, 5.74) is 6.12. The molecule has 0 fully saturated rings. The number of halogens is 1. The third-order valence-corrected chi connectivity index (χ3v) is 3.06. The molecule has 0 spiro atoms. The predicted octanol–water partition coefficient (Wildman–Crippen LogP) is 2.70. The largest absolute Gasteiger partial charge is 0.399 e. The van der Waals surface area contributed by atoms with E-state index in [2.05, 4.69) is 0 Å². The lowest BCUT2D eigenvalue weighted by Crippen LogP contribution is -2.16. The van der Waals surface area contributed by atoms with Gasteiger partial charge in [-0.25, -0.2) is 0 Å². The van der Waals surface area contributed by atoms with E-state index in [1.165, 1.54) is 4.90 Å². The number of anilines is 1. The number of amides is 1. The maximum atomic E-state index is 11.3. The molecule has 0 aliphatic heterocycles. The molecule has 0 aliphatic rings. The van der Waals surface area contributed by atoms with E-state index < -0.39 is 0 Å². The summed E-state index contributed by atoms with van der Waals surface area (Å²) >= 11 is 6.99. The number of hydrogen-bond donors (Lipinski definition) is 1. The quantitative estimate of drug-likeness (QED) is 0.596. The summed E-state index contributed by atoms with van der Waals surface area (Å²) in [6.45, 7) is 0. The Kier molecular flexibility index (Phi) is 3.66. The van der Waals surface area contributed by atoms with Crippen molar-refractivity contribution in [3.63, 3.8) is 0 Å². The standard InChI is InChI=1S/C9H11ClN2OS/c1-12(2)9(13)14-8-4-3-6(11)5-7(8)10/h3-5H,11H2,1-2H3. The van der Waals surface area contributed by atoms with Gasteiger partial charge >= 0.3 is 0 Å². The third-order valence-electron chi connectivity index (χ3n) is 1.52. The fourth-order valence-corrected chi connectivity index (χ4v) is 1.75. The zero-order chi connectivity index (χ0) is 10.7. The molecule has 14 heavy (non-hydrogen) atoms. The van der Waals surface area contributed by atoms with Crippen molar-refractivity contribution in [1.29, 1.82) is 0 Å². The number of thioether (sulfide) groups is 1. The highest BCUT2D eigenvalue weighted by Gasteiger charge is 2.09. The second kappa shape index (κ2) is 4.57. The van der Waals surface area contributed by atoms with Crippen LogP contribution in [0, 0.1) is 0 Å². The summed E-state index contributed by atoms with van der Waals surface area (Å²) in [6, 6.07) is 5.09. The van der Waals surface area contributed by atoms with Gasteiger partial charge in [-0.15, -0.1) is 0 Å². The summed E-state index contributed by atoms with van der Waals surface area (Å²) in [6.07, 6.45) is 0. The Morgan fingerprint density at radius 3 is 2.64 bits per heavy atom. The number of carbonyl (C=O) groups excluding carboxylic acids is 1. The lowest BCUT2D eigenvalue weighted by Gasteiger charge is -2.10. The van der Waals surface area contributed by atoms with Crippen molar-refractivity contribution in [1.82, 2.24) is 4.90 Å². The van der Waals surface area contributed by atoms with Crippen molar-refractivity contribution in [2.45, 2.75) is 4.90 Å². The van der Waals surface area contributed by atoms with Crippen molar-refractivity contribution >= 4 is 34.3 Å². The lowest BCUT2D eigenvalue weighted by molar-refractivity contribution is 0.241. The molecule has 0 saturated carbocycles. The average Bonchev–Trinajstić information content (AvgIpc) is 2.09. The topological polar surface area (TPSA) is 46.3 Å². The Balaban J connectivity index is 2.82. The lowest BCUT2D eigenvalue weighted by atomic mass is 10.3. The number of carbonyl (C=O) groups is 1. The first kappa shape index (κ1) is 11.2. The van der Waals surface area contributed by atoms with Gasteiger partial charge in [-0.1, -0.05) is 11.6 Å². The van der Waals surface area contributed by atoms with Gasteiger partial charge in [0.15, 0.2) is 0 Å². The van der Waals surface area contributed by atoms with E-state index in [1.54, 1.807) is 32.3 Å². The fraction of sp³-hybridized carbons (Fsp3) is 0.222. The molecule has 0 atom stereocenters. The average molecular weight is 231 g/mol. The van der Waals surface area contributed by atoms with Crippen LogP contribution >= 0.6 is 23.4 Å². The monoisotopic (exact) mass is 230 g/mol. The number of hydrogen-bond acceptors (Lipinski definition) is 3. The van der Waals surface area contributed by atoms with Crippen LogP contribution in [0.2, 0.25) is 5.02 Å². The van der Waals surface area contributed by atoms with Gasteiger partial charge in [0.2, 0.25) is 0 Å². The number of benzene rings is 1. The van der Waals surface area contributed by atoms with Gasteiger partial charge in [-0.2, -0.15) is 0 Å². The van der Waals surface area contributed by atoms with E-state index in [-0.39, 0.29) is 5.24 Å². The molecule has 0 unspecified atom stereocenters. The highest BCUT2D eigenvalue weighted by atomic mass is 35.5. The first-order chi connectivity index (χ1) is 6.50. The minimum Gasteiger partial charge on any atom is -0.399 e. The van der Waals surface area contributed by atoms with Crippen LogP contribution in [-0.4, -0.2) is 24.2 Å². The second-order valence-electron chi connectivity index (χ2n) is 2.95. The van der Waals surface area contributed by atoms with E-state index in [1.807, 2.05) is 0 Å². The van der Waals surface area contributed by atoms with Gasteiger partial charge in [0.25, 0.3) is 5.24 Å². The highest BCUT2D eigenvalue weighted by Crippen LogP contribution is 2.29. The van der Waals surface area contributed by atoms with Crippen LogP contribution in [-0.2, 0) is 0 Å². The summed E-state index contributed by atoms with van der Waals surface area (Å²) in [4.78, 5) is 13.6. The molecule has 3 nitrogen and oxygen atoms in total. The van der Waals surface area contributed by atoms with Gasteiger partial charge in [0, 0.05) is 24.7 Å². The van der Waals surface area contributed by atoms with Crippen LogP contribution in [0.4, 0.5) is 10.5 Å². The summed E-state index contributed by atoms with van der Waals surface area (Å²) in [5, 5.41) is 0.446. The first-order valence-corrected chi connectivity index (χ1v) is 5.14. The zero-order valence-electron chi connectivity index (χ0n) is 7.95. The summed E-state index contributed by atoms with van der Waals surface area (Å²) in [5.74, 6) is 0. The van der Waals surface area contributed by atoms with E-state index in [0.717, 1.165) is 16.7 Å². The van der Waals surface area contributed by atoms with Gasteiger partial charge in [-0.05, 0) is 30.0 Å². The number of rotatable bonds is 1. The normalized spacial score (nSPS) is 9.93. The fourth-order valence-electron chi connectivity index (χ4n) is 0.785. The molecule has 0 aromatic heterocycles. The van der Waals surface area contributed by atoms with E-state index in [9.17, 15) is 4.79 Å². The molecule has 0 saturated heterocycles. The molecule has 76 valence electrons. The molecule has 0 radical (unpaired) electrons. The molecule has 0 heterocycles. The van der Waals surface area contributed by atoms with Crippen LogP contribution in [0.3, 0.4) is 0 Å².